The molecule has 0 fully saturated rings. The third-order valence-electron chi connectivity index (χ3n) is 3.07. The van der Waals surface area contributed by atoms with Gasteiger partial charge in [-0.1, -0.05) is 24.3 Å². The predicted octanol–water partition coefficient (Wildman–Crippen LogP) is 1.60. The molecule has 0 saturated heterocycles. The van der Waals surface area contributed by atoms with Crippen LogP contribution in [0.2, 0.25) is 0 Å². The van der Waals surface area contributed by atoms with Gasteiger partial charge in [0.2, 0.25) is 0 Å². The van der Waals surface area contributed by atoms with E-state index in [0.29, 0.717) is 0 Å². The normalized spacial score (nSPS) is 24.3. The predicted molar refractivity (Wildman–Crippen MR) is 59.6 cm³/mol. The summed E-state index contributed by atoms with van der Waals surface area (Å²) < 4.78 is 0. The van der Waals surface area contributed by atoms with Gasteiger partial charge in [-0.25, -0.2) is 4.79 Å². The van der Waals surface area contributed by atoms with Crippen molar-refractivity contribution in [3.05, 3.63) is 35.4 Å². The van der Waals surface area contributed by atoms with Crippen LogP contribution in [0.25, 0.3) is 0 Å². The van der Waals surface area contributed by atoms with Crippen LogP contribution in [0.1, 0.15) is 24.5 Å². The van der Waals surface area contributed by atoms with E-state index in [2.05, 4.69) is 23.5 Å². The van der Waals surface area contributed by atoms with E-state index >= 15 is 0 Å². The maximum Gasteiger partial charge on any atom is 0.312 e. The first kappa shape index (κ1) is 10.0. The summed E-state index contributed by atoms with van der Waals surface area (Å²) in [5, 5.41) is 2.84. The first-order valence-electron chi connectivity index (χ1n) is 5.23. The van der Waals surface area contributed by atoms with Crippen molar-refractivity contribution >= 4 is 6.03 Å². The van der Waals surface area contributed by atoms with Crippen molar-refractivity contribution in [2.24, 2.45) is 5.73 Å². The topological polar surface area (TPSA) is 55.1 Å². The van der Waals surface area contributed by atoms with E-state index in [0.717, 1.165) is 19.3 Å². The van der Waals surface area contributed by atoms with E-state index in [9.17, 15) is 4.79 Å². The van der Waals surface area contributed by atoms with Crippen LogP contribution in [0.4, 0.5) is 4.79 Å². The second-order valence-corrected chi connectivity index (χ2v) is 4.50. The summed E-state index contributed by atoms with van der Waals surface area (Å²) in [4.78, 5) is 10.9. The zero-order valence-corrected chi connectivity index (χ0v) is 8.92. The Morgan fingerprint density at radius 1 is 1.40 bits per heavy atom. The molecule has 1 atom stereocenters. The minimum atomic E-state index is -0.433. The molecule has 3 heteroatoms. The molecule has 1 aliphatic rings. The van der Waals surface area contributed by atoms with Crippen LogP contribution in [0.15, 0.2) is 24.3 Å². The molecule has 1 unspecified atom stereocenters. The number of primary amides is 1. The highest BCUT2D eigenvalue weighted by atomic mass is 16.2. The molecule has 3 N–H and O–H groups in total. The number of fused-ring (bicyclic) bond motifs is 1. The zero-order valence-electron chi connectivity index (χ0n) is 8.92. The van der Waals surface area contributed by atoms with Crippen LogP contribution in [0, 0.1) is 0 Å². The molecule has 1 aliphatic carbocycles. The number of rotatable bonds is 1. The third-order valence-corrected chi connectivity index (χ3v) is 3.07. The Morgan fingerprint density at radius 3 is 2.73 bits per heavy atom. The Hall–Kier alpha value is -1.51. The number of hydrogen-bond donors (Lipinski definition) is 2. The number of amides is 2. The highest BCUT2D eigenvalue weighted by Gasteiger charge is 2.30. The Balaban J connectivity index is 2.21. The largest absolute Gasteiger partial charge is 0.352 e. The molecule has 1 aromatic rings. The van der Waals surface area contributed by atoms with Gasteiger partial charge in [-0.15, -0.1) is 0 Å². The molecule has 0 saturated carbocycles. The lowest BCUT2D eigenvalue weighted by molar-refractivity contribution is 0.231. The molecule has 0 heterocycles. The van der Waals surface area contributed by atoms with E-state index < -0.39 is 6.03 Å². The minimum Gasteiger partial charge on any atom is -0.352 e. The van der Waals surface area contributed by atoms with Crippen LogP contribution >= 0.6 is 0 Å². The lowest BCUT2D eigenvalue weighted by Crippen LogP contribution is -2.51. The number of nitrogens with two attached hydrogens (primary N) is 1. The summed E-state index contributed by atoms with van der Waals surface area (Å²) in [7, 11) is 0. The van der Waals surface area contributed by atoms with Crippen molar-refractivity contribution in [2.45, 2.75) is 31.7 Å². The first-order valence-corrected chi connectivity index (χ1v) is 5.23. The maximum atomic E-state index is 10.9. The fourth-order valence-electron chi connectivity index (χ4n) is 2.30. The van der Waals surface area contributed by atoms with Crippen LogP contribution < -0.4 is 11.1 Å². The van der Waals surface area contributed by atoms with Gasteiger partial charge in [0.1, 0.15) is 0 Å². The molecule has 2 rings (SSSR count). The minimum absolute atomic E-state index is 0.180. The van der Waals surface area contributed by atoms with Crippen LogP contribution in [0.5, 0.6) is 0 Å². The quantitative estimate of drug-likeness (QED) is 0.717. The Kier molecular flexibility index (Phi) is 2.39. The van der Waals surface area contributed by atoms with Crippen LogP contribution in [-0.2, 0) is 12.8 Å². The summed E-state index contributed by atoms with van der Waals surface area (Å²) in [6.07, 6.45) is 2.83. The number of urea groups is 1. The Morgan fingerprint density at radius 2 is 2.07 bits per heavy atom. The third kappa shape index (κ3) is 2.12. The standard InChI is InChI=1S/C12H16N2O/c1-12(14-11(13)15)7-6-9-4-2-3-5-10(9)8-12/h2-5H,6-8H2,1H3,(H3,13,14,15). The van der Waals surface area contributed by atoms with Crippen LogP contribution in [-0.4, -0.2) is 11.6 Å². The van der Waals surface area contributed by atoms with Crippen molar-refractivity contribution in [1.82, 2.24) is 5.32 Å². The number of hydrogen-bond acceptors (Lipinski definition) is 1. The number of nitrogens with one attached hydrogen (secondary N) is 1. The summed E-state index contributed by atoms with van der Waals surface area (Å²) in [6.45, 7) is 2.05. The van der Waals surface area contributed by atoms with Crippen molar-refractivity contribution in [3.8, 4) is 0 Å². The van der Waals surface area contributed by atoms with Gasteiger partial charge >= 0.3 is 6.03 Å². The molecule has 0 spiro atoms. The van der Waals surface area contributed by atoms with E-state index in [1.165, 1.54) is 11.1 Å². The smallest absolute Gasteiger partial charge is 0.312 e. The number of carbonyl (C=O) groups excluding carboxylic acids is 1. The summed E-state index contributed by atoms with van der Waals surface area (Å²) in [5.41, 5.74) is 7.71. The molecule has 0 aliphatic heterocycles. The molecule has 3 nitrogen and oxygen atoms in total. The van der Waals surface area contributed by atoms with Gasteiger partial charge in [0.05, 0.1) is 0 Å². The zero-order chi connectivity index (χ0) is 10.9. The molecular weight excluding hydrogens is 188 g/mol. The number of carbonyl (C=O) groups is 1. The Bertz CT molecular complexity index is 389. The van der Waals surface area contributed by atoms with Crippen molar-refractivity contribution < 1.29 is 4.79 Å². The average Bonchev–Trinajstić information content (AvgIpc) is 2.15. The van der Waals surface area contributed by atoms with E-state index in [1.54, 1.807) is 0 Å². The highest BCUT2D eigenvalue weighted by Crippen LogP contribution is 2.28. The van der Waals surface area contributed by atoms with Crippen molar-refractivity contribution in [1.29, 1.82) is 0 Å². The molecule has 0 radical (unpaired) electrons. The molecule has 80 valence electrons. The van der Waals surface area contributed by atoms with Crippen molar-refractivity contribution in [3.63, 3.8) is 0 Å². The summed E-state index contributed by atoms with van der Waals surface area (Å²) in [6, 6.07) is 7.93. The van der Waals surface area contributed by atoms with E-state index in [4.69, 9.17) is 5.73 Å². The van der Waals surface area contributed by atoms with E-state index in [-0.39, 0.29) is 5.54 Å². The van der Waals surface area contributed by atoms with Gasteiger partial charge in [0.15, 0.2) is 0 Å². The van der Waals surface area contributed by atoms with Crippen LogP contribution in [0.3, 0.4) is 0 Å². The van der Waals surface area contributed by atoms with Gasteiger partial charge in [-0.3, -0.25) is 0 Å². The Labute approximate surface area is 89.7 Å². The average molecular weight is 204 g/mol. The monoisotopic (exact) mass is 204 g/mol. The molecule has 15 heavy (non-hydrogen) atoms. The van der Waals surface area contributed by atoms with Crippen molar-refractivity contribution in [2.75, 3.05) is 0 Å². The number of aryl methyl sites for hydroxylation is 1. The fourth-order valence-corrected chi connectivity index (χ4v) is 2.30. The lowest BCUT2D eigenvalue weighted by Gasteiger charge is -2.35. The summed E-state index contributed by atoms with van der Waals surface area (Å²) in [5.74, 6) is 0. The maximum absolute atomic E-state index is 10.9. The second-order valence-electron chi connectivity index (χ2n) is 4.50. The van der Waals surface area contributed by atoms with E-state index in [1.807, 2.05) is 13.0 Å². The molecule has 2 amide bonds. The molecule has 1 aromatic carbocycles. The molecule has 0 aromatic heterocycles. The highest BCUT2D eigenvalue weighted by molar-refractivity contribution is 5.72. The molecule has 0 bridgehead atoms. The SMILES string of the molecule is CC1(NC(N)=O)CCc2ccccc2C1. The fraction of sp³-hybridized carbons (Fsp3) is 0.417. The van der Waals surface area contributed by atoms with Gasteiger partial charge in [0.25, 0.3) is 0 Å². The van der Waals surface area contributed by atoms with Gasteiger partial charge in [0, 0.05) is 5.54 Å². The summed E-state index contributed by atoms with van der Waals surface area (Å²) >= 11 is 0. The van der Waals surface area contributed by atoms with Gasteiger partial charge in [-0.05, 0) is 37.3 Å². The first-order chi connectivity index (χ1) is 7.09. The second kappa shape index (κ2) is 3.57. The lowest BCUT2D eigenvalue weighted by atomic mass is 9.79. The van der Waals surface area contributed by atoms with Gasteiger partial charge in [-0.2, -0.15) is 0 Å². The number of benzene rings is 1. The van der Waals surface area contributed by atoms with Gasteiger partial charge < -0.3 is 11.1 Å². The molecular formula is C12H16N2O.